The number of hydrogen-bond donors (Lipinski definition) is 1. The van der Waals surface area contributed by atoms with E-state index in [1.165, 1.54) is 0 Å². The van der Waals surface area contributed by atoms with Gasteiger partial charge < -0.3 is 4.74 Å². The fourth-order valence-corrected chi connectivity index (χ4v) is 6.57. The van der Waals surface area contributed by atoms with Gasteiger partial charge >= 0.3 is 0 Å². The first-order valence-electron chi connectivity index (χ1n) is 11.1. The van der Waals surface area contributed by atoms with E-state index in [1.54, 1.807) is 92.1 Å². The summed E-state index contributed by atoms with van der Waals surface area (Å²) < 4.78 is 48.5. The first-order valence-corrected chi connectivity index (χ1v) is 14.7. The van der Waals surface area contributed by atoms with Crippen molar-refractivity contribution in [2.24, 2.45) is 0 Å². The van der Waals surface area contributed by atoms with Crippen molar-refractivity contribution in [3.63, 3.8) is 0 Å². The molecule has 3 rings (SSSR count). The Kier molecular flexibility index (Phi) is 9.06. The predicted molar refractivity (Wildman–Crippen MR) is 150 cm³/mol. The van der Waals surface area contributed by atoms with E-state index < -0.39 is 31.1 Å². The Hall–Kier alpha value is -2.16. The first-order chi connectivity index (χ1) is 16.9. The fourth-order valence-electron chi connectivity index (χ4n) is 3.44. The van der Waals surface area contributed by atoms with Gasteiger partial charge in [0.15, 0.2) is 9.84 Å². The number of rotatable bonds is 9. The Morgan fingerprint density at radius 2 is 1.61 bits per heavy atom. The summed E-state index contributed by atoms with van der Waals surface area (Å²) in [5.74, 6) is 0.222. The highest BCUT2D eigenvalue weighted by Crippen LogP contribution is 2.33. The summed E-state index contributed by atoms with van der Waals surface area (Å²) in [6.45, 7) is 5.46. The van der Waals surface area contributed by atoms with Gasteiger partial charge in [0.2, 0.25) is 0 Å². The third kappa shape index (κ3) is 6.99. The molecular weight excluding hydrogens is 537 g/mol. The Labute approximate surface area is 226 Å². The number of benzene rings is 3. The van der Waals surface area contributed by atoms with Crippen LogP contribution in [0.5, 0.6) is 5.75 Å². The van der Waals surface area contributed by atoms with Gasteiger partial charge in [-0.05, 0) is 68.3 Å². The summed E-state index contributed by atoms with van der Waals surface area (Å²) in [4.78, 5) is 0.171. The number of methoxy groups -OCH3 is 1. The van der Waals surface area contributed by atoms with Crippen molar-refractivity contribution in [1.82, 2.24) is 4.72 Å². The van der Waals surface area contributed by atoms with Gasteiger partial charge in [-0.15, -0.1) is 0 Å². The number of halogens is 2. The second kappa shape index (κ2) is 11.5. The van der Waals surface area contributed by atoms with Crippen molar-refractivity contribution < 1.29 is 17.4 Å². The van der Waals surface area contributed by atoms with Gasteiger partial charge in [-0.3, -0.25) is 0 Å². The van der Waals surface area contributed by atoms with Crippen molar-refractivity contribution in [3.05, 3.63) is 100 Å². The van der Waals surface area contributed by atoms with Gasteiger partial charge in [0.05, 0.1) is 39.0 Å². The highest BCUT2D eigenvalue weighted by molar-refractivity contribution is 7.91. The molecular formula is C27H29Cl2NO4S2. The summed E-state index contributed by atoms with van der Waals surface area (Å²) in [6, 6.07) is 20.3. The van der Waals surface area contributed by atoms with Crippen LogP contribution in [0, 0.1) is 0 Å². The summed E-state index contributed by atoms with van der Waals surface area (Å²) in [7, 11) is -3.90. The molecule has 3 aromatic carbocycles. The second-order valence-electron chi connectivity index (χ2n) is 9.25. The van der Waals surface area contributed by atoms with Crippen LogP contribution in [-0.4, -0.2) is 30.2 Å². The minimum Gasteiger partial charge on any atom is -0.497 e. The summed E-state index contributed by atoms with van der Waals surface area (Å²) in [5.41, 5.74) is -0.136. The maximum Gasteiger partial charge on any atom is 0.180 e. The van der Waals surface area contributed by atoms with E-state index in [4.69, 9.17) is 27.9 Å². The lowest BCUT2D eigenvalue weighted by Gasteiger charge is -2.35. The molecule has 0 aliphatic heterocycles. The molecule has 0 radical (unpaired) electrons. The molecule has 0 saturated carbocycles. The van der Waals surface area contributed by atoms with E-state index in [-0.39, 0.29) is 10.6 Å². The lowest BCUT2D eigenvalue weighted by Crippen LogP contribution is -2.50. The molecule has 192 valence electrons. The van der Waals surface area contributed by atoms with Gasteiger partial charge in [0, 0.05) is 10.0 Å². The van der Waals surface area contributed by atoms with Crippen molar-refractivity contribution in [1.29, 1.82) is 0 Å². The smallest absolute Gasteiger partial charge is 0.180 e. The van der Waals surface area contributed by atoms with E-state index in [0.717, 1.165) is 0 Å². The third-order valence-electron chi connectivity index (χ3n) is 5.47. The molecule has 0 bridgehead atoms. The maximum atomic E-state index is 13.7. The monoisotopic (exact) mass is 565 g/mol. The lowest BCUT2D eigenvalue weighted by atomic mass is 9.91. The third-order valence-corrected chi connectivity index (χ3v) is 9.52. The Bertz CT molecular complexity index is 1350. The standard InChI is InChI=1S/C27H29Cl2NO4S2/c1-26(2,3)35(31)30-27(21-11-14-23(34-4)15-12-21,17-16-20-10-13-22(28)18-25(20)29)19-36(32,33)24-8-6-5-7-9-24/h5-18,30H,19H2,1-4H3/b17-16+/t27-,35+/m1/s1. The molecule has 5 nitrogen and oxygen atoms in total. The number of hydrogen-bond acceptors (Lipinski definition) is 4. The molecule has 3 aromatic rings. The zero-order chi connectivity index (χ0) is 26.6. The van der Waals surface area contributed by atoms with Crippen LogP contribution in [0.4, 0.5) is 0 Å². The highest BCUT2D eigenvalue weighted by Gasteiger charge is 2.39. The average Bonchev–Trinajstić information content (AvgIpc) is 2.83. The zero-order valence-corrected chi connectivity index (χ0v) is 23.6. The van der Waals surface area contributed by atoms with Crippen molar-refractivity contribution >= 4 is 50.1 Å². The quantitative estimate of drug-likeness (QED) is 0.324. The van der Waals surface area contributed by atoms with Crippen LogP contribution in [0.2, 0.25) is 10.0 Å². The summed E-state index contributed by atoms with van der Waals surface area (Å²) in [5, 5.41) is 0.891. The number of ether oxygens (including phenoxy) is 1. The highest BCUT2D eigenvalue weighted by atomic mass is 35.5. The fraction of sp³-hybridized carbons (Fsp3) is 0.259. The minimum atomic E-state index is -3.83. The van der Waals surface area contributed by atoms with Crippen LogP contribution in [0.1, 0.15) is 31.9 Å². The Morgan fingerprint density at radius 1 is 0.972 bits per heavy atom. The van der Waals surface area contributed by atoms with E-state index in [1.807, 2.05) is 20.8 Å². The van der Waals surface area contributed by atoms with Crippen molar-refractivity contribution in [2.45, 2.75) is 36.0 Å². The lowest BCUT2D eigenvalue weighted by molar-refractivity contribution is 0.414. The van der Waals surface area contributed by atoms with Crippen LogP contribution in [0.15, 0.2) is 83.8 Å². The van der Waals surface area contributed by atoms with Crippen LogP contribution in [0.25, 0.3) is 6.08 Å². The van der Waals surface area contributed by atoms with E-state index in [2.05, 4.69) is 4.72 Å². The molecule has 9 heteroatoms. The van der Waals surface area contributed by atoms with Crippen LogP contribution < -0.4 is 9.46 Å². The second-order valence-corrected chi connectivity index (χ2v) is 14.1. The SMILES string of the molecule is COc1ccc([C@@](/C=C/c2ccc(Cl)cc2Cl)(CS(=O)(=O)c2ccccc2)N[S@@](=O)C(C)(C)C)cc1. The van der Waals surface area contributed by atoms with Gasteiger partial charge in [-0.1, -0.05) is 71.8 Å². The van der Waals surface area contributed by atoms with Gasteiger partial charge in [0.25, 0.3) is 0 Å². The van der Waals surface area contributed by atoms with E-state index in [9.17, 15) is 12.6 Å². The molecule has 0 aromatic heterocycles. The van der Waals surface area contributed by atoms with Gasteiger partial charge in [0.1, 0.15) is 5.75 Å². The van der Waals surface area contributed by atoms with E-state index >= 15 is 0 Å². The molecule has 0 aliphatic carbocycles. The average molecular weight is 567 g/mol. The zero-order valence-electron chi connectivity index (χ0n) is 20.5. The summed E-state index contributed by atoms with van der Waals surface area (Å²) >= 11 is 12.5. The van der Waals surface area contributed by atoms with Crippen LogP contribution in [0.3, 0.4) is 0 Å². The molecule has 0 heterocycles. The molecule has 0 unspecified atom stereocenters. The molecule has 0 amide bonds. The number of nitrogens with one attached hydrogen (secondary N) is 1. The number of sulfone groups is 1. The van der Waals surface area contributed by atoms with Gasteiger partial charge in [-0.25, -0.2) is 17.3 Å². The topological polar surface area (TPSA) is 72.5 Å². The first kappa shape index (κ1) is 28.4. The van der Waals surface area contributed by atoms with Crippen LogP contribution in [-0.2, 0) is 26.4 Å². The molecule has 0 fully saturated rings. The van der Waals surface area contributed by atoms with Crippen molar-refractivity contribution in [2.75, 3.05) is 12.9 Å². The predicted octanol–water partition coefficient (Wildman–Crippen LogP) is 6.44. The molecule has 1 N–H and O–H groups in total. The molecule has 0 saturated heterocycles. The normalized spacial score (nSPS) is 14.9. The van der Waals surface area contributed by atoms with Crippen LogP contribution >= 0.6 is 23.2 Å². The minimum absolute atomic E-state index is 0.171. The molecule has 0 aliphatic rings. The van der Waals surface area contributed by atoms with Gasteiger partial charge in [-0.2, -0.15) is 0 Å². The Morgan fingerprint density at radius 3 is 2.17 bits per heavy atom. The van der Waals surface area contributed by atoms with E-state index in [0.29, 0.717) is 26.9 Å². The molecule has 0 spiro atoms. The molecule has 36 heavy (non-hydrogen) atoms. The maximum absolute atomic E-state index is 13.7. The summed E-state index contributed by atoms with van der Waals surface area (Å²) in [6.07, 6.45) is 3.42. The molecule has 2 atom stereocenters. The Balaban J connectivity index is 2.24. The largest absolute Gasteiger partial charge is 0.497 e. The van der Waals surface area contributed by atoms with Crippen molar-refractivity contribution in [3.8, 4) is 5.75 Å².